The summed E-state index contributed by atoms with van der Waals surface area (Å²) in [6, 6.07) is 12.1. The first-order valence-corrected chi connectivity index (χ1v) is 11.1. The molecule has 0 aliphatic carbocycles. The first-order valence-electron chi connectivity index (χ1n) is 9.21. The van der Waals surface area contributed by atoms with Crippen molar-refractivity contribution >= 4 is 21.6 Å². The highest BCUT2D eigenvalue weighted by Gasteiger charge is 2.27. The monoisotopic (exact) mass is 423 g/mol. The van der Waals surface area contributed by atoms with Gasteiger partial charge >= 0.3 is 0 Å². The molecule has 0 aromatic heterocycles. The van der Waals surface area contributed by atoms with Crippen LogP contribution in [-0.4, -0.2) is 62.5 Å². The summed E-state index contributed by atoms with van der Waals surface area (Å²) in [7, 11) is -3.70. The number of anilines is 1. The third kappa shape index (κ3) is 5.51. The standard InChI is InChI=1S/C20H23F2N3O3S/c1-29(27,28)25(14-16-4-2-3-5-19(16)22)15-20(26)24-12-10-23(11-13-24)18-8-6-17(21)7-9-18/h2-9H,10-15H2,1H3. The maximum Gasteiger partial charge on any atom is 0.238 e. The van der Waals surface area contributed by atoms with Crippen molar-refractivity contribution in [3.05, 3.63) is 65.7 Å². The number of hydrogen-bond donors (Lipinski definition) is 0. The van der Waals surface area contributed by atoms with Gasteiger partial charge in [0, 0.05) is 44.0 Å². The molecule has 1 amide bonds. The van der Waals surface area contributed by atoms with Crippen molar-refractivity contribution < 1.29 is 22.0 Å². The fraction of sp³-hybridized carbons (Fsp3) is 0.350. The highest BCUT2D eigenvalue weighted by atomic mass is 32.2. The van der Waals surface area contributed by atoms with Crippen molar-refractivity contribution in [1.82, 2.24) is 9.21 Å². The van der Waals surface area contributed by atoms with Crippen LogP contribution in [0.2, 0.25) is 0 Å². The predicted molar refractivity (Wildman–Crippen MR) is 107 cm³/mol. The molecular formula is C20H23F2N3O3S. The van der Waals surface area contributed by atoms with Gasteiger partial charge in [0.15, 0.2) is 0 Å². The number of piperazine rings is 1. The topological polar surface area (TPSA) is 60.9 Å². The zero-order chi connectivity index (χ0) is 21.0. The van der Waals surface area contributed by atoms with E-state index >= 15 is 0 Å². The van der Waals surface area contributed by atoms with Crippen molar-refractivity contribution in [2.45, 2.75) is 6.54 Å². The normalized spacial score (nSPS) is 15.0. The van der Waals surface area contributed by atoms with Gasteiger partial charge in [-0.2, -0.15) is 4.31 Å². The van der Waals surface area contributed by atoms with E-state index < -0.39 is 15.8 Å². The molecule has 1 heterocycles. The molecule has 0 spiro atoms. The van der Waals surface area contributed by atoms with Crippen molar-refractivity contribution in [2.75, 3.05) is 43.9 Å². The van der Waals surface area contributed by atoms with Crippen LogP contribution < -0.4 is 4.90 Å². The van der Waals surface area contributed by atoms with Gasteiger partial charge in [-0.1, -0.05) is 18.2 Å². The molecule has 156 valence electrons. The molecule has 0 bridgehead atoms. The number of rotatable bonds is 6. The van der Waals surface area contributed by atoms with Crippen molar-refractivity contribution in [3.8, 4) is 0 Å². The minimum absolute atomic E-state index is 0.202. The maximum atomic E-state index is 13.9. The molecule has 1 saturated heterocycles. The summed E-state index contributed by atoms with van der Waals surface area (Å²) in [5, 5.41) is 0. The van der Waals surface area contributed by atoms with Gasteiger partial charge in [0.25, 0.3) is 0 Å². The summed E-state index contributed by atoms with van der Waals surface area (Å²) in [5.74, 6) is -1.15. The Hall–Kier alpha value is -2.52. The lowest BCUT2D eigenvalue weighted by atomic mass is 10.2. The van der Waals surface area contributed by atoms with Gasteiger partial charge < -0.3 is 9.80 Å². The smallest absolute Gasteiger partial charge is 0.238 e. The molecule has 2 aromatic carbocycles. The van der Waals surface area contributed by atoms with E-state index in [0.717, 1.165) is 16.2 Å². The van der Waals surface area contributed by atoms with E-state index in [1.54, 1.807) is 23.1 Å². The fourth-order valence-corrected chi connectivity index (χ4v) is 3.94. The second-order valence-electron chi connectivity index (χ2n) is 6.97. The Balaban J connectivity index is 1.62. The number of sulfonamides is 1. The van der Waals surface area contributed by atoms with E-state index in [2.05, 4.69) is 0 Å². The van der Waals surface area contributed by atoms with Crippen molar-refractivity contribution in [3.63, 3.8) is 0 Å². The van der Waals surface area contributed by atoms with Crippen molar-refractivity contribution in [1.29, 1.82) is 0 Å². The summed E-state index contributed by atoms with van der Waals surface area (Å²) in [4.78, 5) is 16.3. The molecule has 3 rings (SSSR count). The summed E-state index contributed by atoms with van der Waals surface area (Å²) < 4.78 is 52.2. The number of carbonyl (C=O) groups is 1. The molecule has 9 heteroatoms. The Morgan fingerprint density at radius 2 is 1.62 bits per heavy atom. The third-order valence-electron chi connectivity index (χ3n) is 4.91. The van der Waals surface area contributed by atoms with E-state index in [0.29, 0.717) is 26.2 Å². The van der Waals surface area contributed by atoms with Gasteiger partial charge in [0.1, 0.15) is 11.6 Å². The van der Waals surface area contributed by atoms with Crippen LogP contribution in [0.15, 0.2) is 48.5 Å². The van der Waals surface area contributed by atoms with Crippen LogP contribution in [-0.2, 0) is 21.4 Å². The van der Waals surface area contributed by atoms with Gasteiger partial charge in [-0.15, -0.1) is 0 Å². The van der Waals surface area contributed by atoms with E-state index in [1.807, 2.05) is 4.90 Å². The van der Waals surface area contributed by atoms with Crippen LogP contribution in [0, 0.1) is 11.6 Å². The third-order valence-corrected chi connectivity index (χ3v) is 6.11. The van der Waals surface area contributed by atoms with E-state index in [1.165, 1.54) is 30.3 Å². The van der Waals surface area contributed by atoms with Gasteiger partial charge in [-0.05, 0) is 30.3 Å². The minimum atomic E-state index is -3.70. The lowest BCUT2D eigenvalue weighted by Gasteiger charge is -2.36. The molecule has 6 nitrogen and oxygen atoms in total. The van der Waals surface area contributed by atoms with Gasteiger partial charge in [0.2, 0.25) is 15.9 Å². The lowest BCUT2D eigenvalue weighted by Crippen LogP contribution is -2.51. The minimum Gasteiger partial charge on any atom is -0.368 e. The Morgan fingerprint density at radius 3 is 2.21 bits per heavy atom. The van der Waals surface area contributed by atoms with E-state index in [-0.39, 0.29) is 30.4 Å². The molecule has 0 radical (unpaired) electrons. The second kappa shape index (κ2) is 8.87. The molecule has 0 saturated carbocycles. The molecule has 0 N–H and O–H groups in total. The Kier molecular flexibility index (Phi) is 6.49. The highest BCUT2D eigenvalue weighted by Crippen LogP contribution is 2.18. The quantitative estimate of drug-likeness (QED) is 0.714. The Morgan fingerprint density at radius 1 is 1.00 bits per heavy atom. The van der Waals surface area contributed by atoms with Crippen LogP contribution in [0.5, 0.6) is 0 Å². The number of benzene rings is 2. The second-order valence-corrected chi connectivity index (χ2v) is 8.95. The number of carbonyl (C=O) groups excluding carboxylic acids is 1. The predicted octanol–water partition coefficient (Wildman–Crippen LogP) is 2.08. The van der Waals surface area contributed by atoms with Crippen LogP contribution in [0.1, 0.15) is 5.56 Å². The summed E-state index contributed by atoms with van der Waals surface area (Å²) in [6.45, 7) is 1.42. The fourth-order valence-electron chi connectivity index (χ4n) is 3.22. The SMILES string of the molecule is CS(=O)(=O)N(CC(=O)N1CCN(c2ccc(F)cc2)CC1)Cc1ccccc1F. The Labute approximate surface area is 169 Å². The van der Waals surface area contributed by atoms with Crippen molar-refractivity contribution in [2.24, 2.45) is 0 Å². The summed E-state index contributed by atoms with van der Waals surface area (Å²) >= 11 is 0. The van der Waals surface area contributed by atoms with Gasteiger partial charge in [0.05, 0.1) is 12.8 Å². The highest BCUT2D eigenvalue weighted by molar-refractivity contribution is 7.88. The Bertz CT molecular complexity index is 959. The average Bonchev–Trinajstić information content (AvgIpc) is 2.69. The van der Waals surface area contributed by atoms with Gasteiger partial charge in [-0.3, -0.25) is 4.79 Å². The first kappa shape index (κ1) is 21.2. The van der Waals surface area contributed by atoms with E-state index in [4.69, 9.17) is 0 Å². The molecule has 1 aliphatic rings. The number of hydrogen-bond acceptors (Lipinski definition) is 4. The summed E-state index contributed by atoms with van der Waals surface area (Å²) in [5.41, 5.74) is 1.09. The molecule has 0 atom stereocenters. The zero-order valence-electron chi connectivity index (χ0n) is 16.1. The van der Waals surface area contributed by atoms with Crippen LogP contribution in [0.3, 0.4) is 0 Å². The van der Waals surface area contributed by atoms with Gasteiger partial charge in [-0.25, -0.2) is 17.2 Å². The van der Waals surface area contributed by atoms with E-state index in [9.17, 15) is 22.0 Å². The number of nitrogens with zero attached hydrogens (tertiary/aromatic N) is 3. The maximum absolute atomic E-state index is 13.9. The molecular weight excluding hydrogens is 400 g/mol. The summed E-state index contributed by atoms with van der Waals surface area (Å²) in [6.07, 6.45) is 1.01. The first-order chi connectivity index (χ1) is 13.7. The molecule has 1 fully saturated rings. The average molecular weight is 423 g/mol. The molecule has 0 unspecified atom stereocenters. The van der Waals surface area contributed by atoms with Crippen LogP contribution >= 0.6 is 0 Å². The largest absolute Gasteiger partial charge is 0.368 e. The lowest BCUT2D eigenvalue weighted by molar-refractivity contribution is -0.131. The molecule has 29 heavy (non-hydrogen) atoms. The number of amides is 1. The molecule has 1 aliphatic heterocycles. The van der Waals surface area contributed by atoms with Crippen LogP contribution in [0.25, 0.3) is 0 Å². The molecule has 2 aromatic rings. The number of halogens is 2. The zero-order valence-corrected chi connectivity index (χ0v) is 16.9. The van der Waals surface area contributed by atoms with Crippen LogP contribution in [0.4, 0.5) is 14.5 Å².